The number of aryl methyl sites for hydroxylation is 1. The molecule has 0 saturated carbocycles. The zero-order chi connectivity index (χ0) is 17.0. The molecule has 2 aromatic heterocycles. The average Bonchev–Trinajstić information content (AvgIpc) is 3.12. The van der Waals surface area contributed by atoms with Crippen LogP contribution in [0.25, 0.3) is 0 Å². The van der Waals surface area contributed by atoms with Gasteiger partial charge in [0.15, 0.2) is 0 Å². The molecule has 0 aromatic carbocycles. The zero-order valence-corrected chi connectivity index (χ0v) is 13.1. The van der Waals surface area contributed by atoms with Gasteiger partial charge in [-0.05, 0) is 19.9 Å². The summed E-state index contributed by atoms with van der Waals surface area (Å²) >= 11 is 0. The van der Waals surface area contributed by atoms with Crippen molar-refractivity contribution in [3.8, 4) is 5.88 Å². The van der Waals surface area contributed by atoms with E-state index in [0.29, 0.717) is 6.54 Å². The lowest BCUT2D eigenvalue weighted by molar-refractivity contribution is -0.385. The summed E-state index contributed by atoms with van der Waals surface area (Å²) in [5, 5.41) is 21.7. The highest BCUT2D eigenvalue weighted by molar-refractivity contribution is 5.76. The summed E-state index contributed by atoms with van der Waals surface area (Å²) in [6.07, 6.45) is 2.84. The molecule has 0 aliphatic carbocycles. The van der Waals surface area contributed by atoms with Crippen LogP contribution in [0.5, 0.6) is 5.88 Å². The third kappa shape index (κ3) is 3.65. The number of carbonyl (C=O) groups excluding carboxylic acids is 1. The summed E-state index contributed by atoms with van der Waals surface area (Å²) in [6.45, 7) is 4.35. The van der Waals surface area contributed by atoms with Crippen LogP contribution in [0.3, 0.4) is 0 Å². The third-order valence-electron chi connectivity index (χ3n) is 3.28. The molecular formula is C13H18N6O4. The molecule has 0 spiro atoms. The molecule has 0 saturated heterocycles. The van der Waals surface area contributed by atoms with Crippen LogP contribution in [0.4, 0.5) is 5.69 Å². The highest BCUT2D eigenvalue weighted by atomic mass is 16.6. The zero-order valence-electron chi connectivity index (χ0n) is 13.1. The van der Waals surface area contributed by atoms with Gasteiger partial charge < -0.3 is 10.1 Å². The van der Waals surface area contributed by atoms with E-state index in [1.807, 2.05) is 19.9 Å². The second kappa shape index (κ2) is 6.90. The molecule has 10 heteroatoms. The predicted molar refractivity (Wildman–Crippen MR) is 79.9 cm³/mol. The third-order valence-corrected chi connectivity index (χ3v) is 3.28. The second-order valence-electron chi connectivity index (χ2n) is 4.84. The molecular weight excluding hydrogens is 304 g/mol. The van der Waals surface area contributed by atoms with Gasteiger partial charge in [0.25, 0.3) is 0 Å². The van der Waals surface area contributed by atoms with Gasteiger partial charge in [-0.25, -0.2) is 0 Å². The molecule has 0 aliphatic rings. The van der Waals surface area contributed by atoms with Gasteiger partial charge in [-0.2, -0.15) is 5.10 Å². The number of hydrogen-bond acceptors (Lipinski definition) is 6. The van der Waals surface area contributed by atoms with Gasteiger partial charge in [0, 0.05) is 12.7 Å². The lowest BCUT2D eigenvalue weighted by atomic mass is 10.2. The molecule has 2 heterocycles. The highest BCUT2D eigenvalue weighted by Gasteiger charge is 2.21. The van der Waals surface area contributed by atoms with Crippen LogP contribution in [0.15, 0.2) is 18.5 Å². The van der Waals surface area contributed by atoms with Crippen LogP contribution < -0.4 is 10.1 Å². The van der Waals surface area contributed by atoms with Crippen molar-refractivity contribution in [2.75, 3.05) is 7.11 Å². The van der Waals surface area contributed by atoms with Crippen molar-refractivity contribution in [3.05, 3.63) is 34.3 Å². The van der Waals surface area contributed by atoms with E-state index >= 15 is 0 Å². The number of aromatic nitrogens is 4. The second-order valence-corrected chi connectivity index (χ2v) is 4.84. The molecule has 124 valence electrons. The number of hydrogen-bond donors (Lipinski definition) is 1. The molecule has 0 aliphatic heterocycles. The molecule has 0 radical (unpaired) electrons. The van der Waals surface area contributed by atoms with Crippen LogP contribution in [0.1, 0.15) is 25.6 Å². The van der Waals surface area contributed by atoms with Crippen molar-refractivity contribution in [3.63, 3.8) is 0 Å². The van der Waals surface area contributed by atoms with Crippen LogP contribution >= 0.6 is 0 Å². The number of rotatable bonds is 7. The summed E-state index contributed by atoms with van der Waals surface area (Å²) in [5.74, 6) is -0.443. The molecule has 0 bridgehead atoms. The molecule has 2 aromatic rings. The molecule has 1 amide bonds. The van der Waals surface area contributed by atoms with Crippen LogP contribution in [-0.4, -0.2) is 37.5 Å². The first-order valence-corrected chi connectivity index (χ1v) is 7.03. The first-order chi connectivity index (χ1) is 11.0. The first-order valence-electron chi connectivity index (χ1n) is 7.03. The molecule has 1 N–H and O–H groups in total. The number of methoxy groups -OCH3 is 1. The van der Waals surface area contributed by atoms with Crippen molar-refractivity contribution in [2.24, 2.45) is 0 Å². The summed E-state index contributed by atoms with van der Waals surface area (Å²) in [7, 11) is 1.29. The van der Waals surface area contributed by atoms with Gasteiger partial charge in [0.1, 0.15) is 12.7 Å². The Morgan fingerprint density at radius 1 is 1.57 bits per heavy atom. The number of nitro groups is 1. The molecule has 1 atom stereocenters. The van der Waals surface area contributed by atoms with Gasteiger partial charge in [-0.3, -0.25) is 24.3 Å². The summed E-state index contributed by atoms with van der Waals surface area (Å²) in [5.41, 5.74) is 0.599. The summed E-state index contributed by atoms with van der Waals surface area (Å²) in [6, 6.07) is 1.59. The number of nitrogens with zero attached hydrogens (tertiary/aromatic N) is 5. The van der Waals surface area contributed by atoms with E-state index in [1.165, 1.54) is 18.0 Å². The van der Waals surface area contributed by atoms with Gasteiger partial charge in [-0.1, -0.05) is 0 Å². The molecule has 23 heavy (non-hydrogen) atoms. The minimum atomic E-state index is -0.608. The van der Waals surface area contributed by atoms with Crippen LogP contribution in [0.2, 0.25) is 0 Å². The van der Waals surface area contributed by atoms with E-state index in [-0.39, 0.29) is 30.1 Å². The molecule has 1 unspecified atom stereocenters. The summed E-state index contributed by atoms with van der Waals surface area (Å²) in [4.78, 5) is 22.3. The maximum Gasteiger partial charge on any atom is 0.350 e. The van der Waals surface area contributed by atoms with E-state index < -0.39 is 4.92 Å². The predicted octanol–water partition coefficient (Wildman–Crippen LogP) is 0.894. The van der Waals surface area contributed by atoms with Crippen molar-refractivity contribution in [2.45, 2.75) is 33.0 Å². The van der Waals surface area contributed by atoms with Gasteiger partial charge in [0.05, 0.1) is 23.8 Å². The Morgan fingerprint density at radius 2 is 2.30 bits per heavy atom. The fourth-order valence-electron chi connectivity index (χ4n) is 2.23. The van der Waals surface area contributed by atoms with E-state index in [9.17, 15) is 14.9 Å². The molecule has 2 rings (SSSR count). The number of ether oxygens (including phenoxy) is 1. The Bertz CT molecular complexity index is 707. The Morgan fingerprint density at radius 3 is 2.87 bits per heavy atom. The highest BCUT2D eigenvalue weighted by Crippen LogP contribution is 2.23. The minimum absolute atomic E-state index is 0.125. The van der Waals surface area contributed by atoms with Crippen molar-refractivity contribution in [1.82, 2.24) is 24.9 Å². The first kappa shape index (κ1) is 16.5. The maximum atomic E-state index is 12.1. The molecule has 0 fully saturated rings. The van der Waals surface area contributed by atoms with Crippen LogP contribution in [0, 0.1) is 10.1 Å². The number of carbonyl (C=O) groups is 1. The smallest absolute Gasteiger partial charge is 0.350 e. The lowest BCUT2D eigenvalue weighted by Crippen LogP contribution is -2.31. The molecule has 10 nitrogen and oxygen atoms in total. The van der Waals surface area contributed by atoms with Gasteiger partial charge >= 0.3 is 11.6 Å². The summed E-state index contributed by atoms with van der Waals surface area (Å²) < 4.78 is 7.78. The quantitative estimate of drug-likeness (QED) is 0.597. The van der Waals surface area contributed by atoms with E-state index in [0.717, 1.165) is 5.69 Å². The van der Waals surface area contributed by atoms with Crippen molar-refractivity contribution >= 4 is 11.6 Å². The van der Waals surface area contributed by atoms with Crippen LogP contribution in [-0.2, 0) is 17.9 Å². The Balaban J connectivity index is 2.03. The van der Waals surface area contributed by atoms with Crippen molar-refractivity contribution < 1.29 is 14.5 Å². The standard InChI is InChI=1S/C13H18N6O4/c1-4-18-10(5-6-14-18)9(2)15-12(20)8-17-7-11(19(21)22)13(16-17)23-3/h5-7,9H,4,8H2,1-3H3,(H,15,20). The Labute approximate surface area is 132 Å². The normalized spacial score (nSPS) is 12.0. The number of amides is 1. The van der Waals surface area contributed by atoms with E-state index in [2.05, 4.69) is 15.5 Å². The SMILES string of the molecule is CCn1nccc1C(C)NC(=O)Cn1cc([N+](=O)[O-])c(OC)n1. The number of nitrogens with one attached hydrogen (secondary N) is 1. The maximum absolute atomic E-state index is 12.1. The van der Waals surface area contributed by atoms with Gasteiger partial charge in [0.2, 0.25) is 5.91 Å². The average molecular weight is 322 g/mol. The largest absolute Gasteiger partial charge is 0.475 e. The Hall–Kier alpha value is -2.91. The van der Waals surface area contributed by atoms with E-state index in [1.54, 1.807) is 10.9 Å². The van der Waals surface area contributed by atoms with Crippen molar-refractivity contribution in [1.29, 1.82) is 0 Å². The lowest BCUT2D eigenvalue weighted by Gasteiger charge is -2.15. The van der Waals surface area contributed by atoms with Gasteiger partial charge in [-0.15, -0.1) is 5.10 Å². The van der Waals surface area contributed by atoms with E-state index in [4.69, 9.17) is 4.74 Å². The topological polar surface area (TPSA) is 117 Å². The minimum Gasteiger partial charge on any atom is -0.475 e. The Kier molecular flexibility index (Phi) is 4.94. The fraction of sp³-hybridized carbons (Fsp3) is 0.462. The fourth-order valence-corrected chi connectivity index (χ4v) is 2.23. The monoisotopic (exact) mass is 322 g/mol.